The minimum absolute atomic E-state index is 0.128. The van der Waals surface area contributed by atoms with Gasteiger partial charge in [0.05, 0.1) is 18.1 Å². The van der Waals surface area contributed by atoms with E-state index in [0.717, 1.165) is 10.3 Å². The lowest BCUT2D eigenvalue weighted by molar-refractivity contribution is 0.0306. The van der Waals surface area contributed by atoms with Gasteiger partial charge in [0.1, 0.15) is 0 Å². The topological polar surface area (TPSA) is 29.5 Å². The van der Waals surface area contributed by atoms with E-state index in [9.17, 15) is 4.79 Å². The minimum atomic E-state index is 0.128. The van der Waals surface area contributed by atoms with E-state index in [0.29, 0.717) is 26.3 Å². The predicted molar refractivity (Wildman–Crippen MR) is 86.1 cm³/mol. The number of nitrogens with zero attached hydrogens (tertiary/aromatic N) is 1. The SMILES string of the molecule is O=C(c1cc2ccc3ccccc3c2s1)N1CCOCC1. The first-order chi connectivity index (χ1) is 10.3. The van der Waals surface area contributed by atoms with Crippen LogP contribution in [0.5, 0.6) is 0 Å². The van der Waals surface area contributed by atoms with Crippen LogP contribution in [-0.4, -0.2) is 37.1 Å². The fourth-order valence-electron chi connectivity index (χ4n) is 2.80. The van der Waals surface area contributed by atoms with Crippen LogP contribution in [0, 0.1) is 0 Å². The largest absolute Gasteiger partial charge is 0.378 e. The smallest absolute Gasteiger partial charge is 0.264 e. The molecule has 1 fully saturated rings. The van der Waals surface area contributed by atoms with Crippen LogP contribution in [0.1, 0.15) is 9.67 Å². The average Bonchev–Trinajstić information content (AvgIpc) is 2.99. The Kier molecular flexibility index (Phi) is 3.13. The molecule has 3 nitrogen and oxygen atoms in total. The molecule has 0 aliphatic carbocycles. The lowest BCUT2D eigenvalue weighted by atomic mass is 10.1. The van der Waals surface area contributed by atoms with Crippen LogP contribution >= 0.6 is 11.3 Å². The van der Waals surface area contributed by atoms with Crippen molar-refractivity contribution >= 4 is 38.1 Å². The Morgan fingerprint density at radius 3 is 2.67 bits per heavy atom. The third-order valence-corrected chi connectivity index (χ3v) is 5.09. The lowest BCUT2D eigenvalue weighted by Gasteiger charge is -2.26. The number of fused-ring (bicyclic) bond motifs is 3. The van der Waals surface area contributed by atoms with Crippen molar-refractivity contribution in [2.45, 2.75) is 0 Å². The summed E-state index contributed by atoms with van der Waals surface area (Å²) in [6.45, 7) is 2.65. The summed E-state index contributed by atoms with van der Waals surface area (Å²) in [6, 6.07) is 14.6. The molecule has 0 bridgehead atoms. The van der Waals surface area contributed by atoms with Crippen LogP contribution < -0.4 is 0 Å². The van der Waals surface area contributed by atoms with Gasteiger partial charge in [0, 0.05) is 17.8 Å². The summed E-state index contributed by atoms with van der Waals surface area (Å²) in [5, 5.41) is 3.59. The Bertz CT molecular complexity index is 818. The summed E-state index contributed by atoms with van der Waals surface area (Å²) in [6.07, 6.45) is 0. The number of morpholine rings is 1. The van der Waals surface area contributed by atoms with Gasteiger partial charge in [-0.05, 0) is 22.2 Å². The van der Waals surface area contributed by atoms with Crippen LogP contribution in [-0.2, 0) is 4.74 Å². The highest BCUT2D eigenvalue weighted by atomic mass is 32.1. The van der Waals surface area contributed by atoms with E-state index in [4.69, 9.17) is 4.74 Å². The zero-order chi connectivity index (χ0) is 14.2. The molecule has 0 unspecified atom stereocenters. The Morgan fingerprint density at radius 1 is 1.05 bits per heavy atom. The van der Waals surface area contributed by atoms with Crippen molar-refractivity contribution in [2.24, 2.45) is 0 Å². The molecule has 1 aromatic heterocycles. The van der Waals surface area contributed by atoms with Crippen LogP contribution in [0.2, 0.25) is 0 Å². The second kappa shape index (κ2) is 5.13. The monoisotopic (exact) mass is 297 g/mol. The molecule has 4 rings (SSSR count). The average molecular weight is 297 g/mol. The highest BCUT2D eigenvalue weighted by Crippen LogP contribution is 2.33. The fourth-order valence-corrected chi connectivity index (χ4v) is 3.96. The standard InChI is InChI=1S/C17H15NO2S/c19-17(18-7-9-20-10-8-18)15-11-13-6-5-12-3-1-2-4-14(12)16(13)21-15/h1-6,11H,7-10H2. The highest BCUT2D eigenvalue weighted by Gasteiger charge is 2.20. The van der Waals surface area contributed by atoms with Gasteiger partial charge in [0.25, 0.3) is 5.91 Å². The zero-order valence-corrected chi connectivity index (χ0v) is 12.4. The normalized spacial score (nSPS) is 15.7. The van der Waals surface area contributed by atoms with Crippen LogP contribution in [0.3, 0.4) is 0 Å². The molecule has 0 saturated carbocycles. The van der Waals surface area contributed by atoms with Gasteiger partial charge in [-0.2, -0.15) is 0 Å². The number of hydrogen-bond acceptors (Lipinski definition) is 3. The summed E-state index contributed by atoms with van der Waals surface area (Å²) in [5.41, 5.74) is 0. The Morgan fingerprint density at radius 2 is 1.81 bits per heavy atom. The molecule has 1 amide bonds. The molecule has 1 aliphatic heterocycles. The summed E-state index contributed by atoms with van der Waals surface area (Å²) >= 11 is 1.60. The molecule has 3 aromatic rings. The molecule has 21 heavy (non-hydrogen) atoms. The molecule has 2 heterocycles. The van der Waals surface area contributed by atoms with Crippen molar-refractivity contribution in [3.05, 3.63) is 47.3 Å². The van der Waals surface area contributed by atoms with Crippen molar-refractivity contribution in [1.82, 2.24) is 4.90 Å². The first kappa shape index (κ1) is 12.8. The quantitative estimate of drug-likeness (QED) is 0.687. The first-order valence-electron chi connectivity index (χ1n) is 7.11. The van der Waals surface area contributed by atoms with Gasteiger partial charge in [-0.25, -0.2) is 0 Å². The van der Waals surface area contributed by atoms with E-state index in [2.05, 4.69) is 24.3 Å². The van der Waals surface area contributed by atoms with Crippen molar-refractivity contribution < 1.29 is 9.53 Å². The molecule has 4 heteroatoms. The van der Waals surface area contributed by atoms with E-state index in [1.165, 1.54) is 15.5 Å². The van der Waals surface area contributed by atoms with Gasteiger partial charge in [0.2, 0.25) is 0 Å². The van der Waals surface area contributed by atoms with Crippen molar-refractivity contribution in [3.63, 3.8) is 0 Å². The zero-order valence-electron chi connectivity index (χ0n) is 11.5. The number of carbonyl (C=O) groups is 1. The predicted octanol–water partition coefficient (Wildman–Crippen LogP) is 3.53. The summed E-state index contributed by atoms with van der Waals surface area (Å²) in [5.74, 6) is 0.128. The van der Waals surface area contributed by atoms with Crippen molar-refractivity contribution in [3.8, 4) is 0 Å². The number of carbonyl (C=O) groups excluding carboxylic acids is 1. The van der Waals surface area contributed by atoms with Gasteiger partial charge < -0.3 is 9.64 Å². The molecule has 0 spiro atoms. The van der Waals surface area contributed by atoms with Gasteiger partial charge in [0.15, 0.2) is 0 Å². The Labute approximate surface area is 126 Å². The molecule has 0 N–H and O–H groups in total. The van der Waals surface area contributed by atoms with E-state index < -0.39 is 0 Å². The number of amides is 1. The highest BCUT2D eigenvalue weighted by molar-refractivity contribution is 7.21. The minimum Gasteiger partial charge on any atom is -0.378 e. The molecular formula is C17H15NO2S. The van der Waals surface area contributed by atoms with E-state index in [-0.39, 0.29) is 5.91 Å². The van der Waals surface area contributed by atoms with Crippen LogP contribution in [0.15, 0.2) is 42.5 Å². The second-order valence-corrected chi connectivity index (χ2v) is 6.27. The first-order valence-corrected chi connectivity index (χ1v) is 7.93. The van der Waals surface area contributed by atoms with Crippen molar-refractivity contribution in [2.75, 3.05) is 26.3 Å². The second-order valence-electron chi connectivity index (χ2n) is 5.22. The Hall–Kier alpha value is -1.91. The number of hydrogen-bond donors (Lipinski definition) is 0. The maximum atomic E-state index is 12.6. The van der Waals surface area contributed by atoms with Gasteiger partial charge in [-0.3, -0.25) is 4.79 Å². The van der Waals surface area contributed by atoms with E-state index in [1.807, 2.05) is 23.1 Å². The maximum Gasteiger partial charge on any atom is 0.264 e. The molecule has 2 aromatic carbocycles. The molecule has 1 saturated heterocycles. The number of benzene rings is 2. The summed E-state index contributed by atoms with van der Waals surface area (Å²) in [4.78, 5) is 15.3. The van der Waals surface area contributed by atoms with Gasteiger partial charge in [-0.1, -0.05) is 36.4 Å². The molecule has 0 atom stereocenters. The maximum absolute atomic E-state index is 12.6. The number of thiophene rings is 1. The number of rotatable bonds is 1. The third-order valence-electron chi connectivity index (χ3n) is 3.92. The molecule has 0 radical (unpaired) electrons. The molecular weight excluding hydrogens is 282 g/mol. The van der Waals surface area contributed by atoms with E-state index in [1.54, 1.807) is 11.3 Å². The fraction of sp³-hybridized carbons (Fsp3) is 0.235. The molecule has 106 valence electrons. The lowest BCUT2D eigenvalue weighted by Crippen LogP contribution is -2.40. The van der Waals surface area contributed by atoms with Gasteiger partial charge in [-0.15, -0.1) is 11.3 Å². The van der Waals surface area contributed by atoms with Crippen LogP contribution in [0.4, 0.5) is 0 Å². The van der Waals surface area contributed by atoms with Crippen LogP contribution in [0.25, 0.3) is 20.9 Å². The van der Waals surface area contributed by atoms with Gasteiger partial charge >= 0.3 is 0 Å². The molecule has 1 aliphatic rings. The summed E-state index contributed by atoms with van der Waals surface area (Å²) < 4.78 is 6.51. The van der Waals surface area contributed by atoms with Crippen molar-refractivity contribution in [1.29, 1.82) is 0 Å². The van der Waals surface area contributed by atoms with E-state index >= 15 is 0 Å². The third kappa shape index (κ3) is 2.20. The Balaban J connectivity index is 1.79. The summed E-state index contributed by atoms with van der Waals surface area (Å²) in [7, 11) is 0. The number of ether oxygens (including phenoxy) is 1.